The van der Waals surface area contributed by atoms with Crippen molar-refractivity contribution >= 4 is 54.7 Å². The predicted molar refractivity (Wildman–Crippen MR) is 111 cm³/mol. The van der Waals surface area contributed by atoms with Crippen LogP contribution in [0.5, 0.6) is 0 Å². The minimum absolute atomic E-state index is 0.269. The molecule has 7 heteroatoms. The van der Waals surface area contributed by atoms with E-state index in [4.69, 9.17) is 11.6 Å². The van der Waals surface area contributed by atoms with Crippen LogP contribution in [0.1, 0.15) is 18.7 Å². The smallest absolute Gasteiger partial charge is 0.276 e. The summed E-state index contributed by atoms with van der Waals surface area (Å²) in [5, 5.41) is 9.11. The van der Waals surface area contributed by atoms with Gasteiger partial charge in [0.1, 0.15) is 6.04 Å². The molecule has 2 heterocycles. The van der Waals surface area contributed by atoms with Crippen LogP contribution in [-0.2, 0) is 4.79 Å². The highest BCUT2D eigenvalue weighted by atomic mass is 35.5. The molecule has 1 N–H and O–H groups in total. The molecular formula is C20H16ClN3O2S. The monoisotopic (exact) mass is 397 g/mol. The highest BCUT2D eigenvalue weighted by Gasteiger charge is 2.22. The van der Waals surface area contributed by atoms with Gasteiger partial charge in [0.2, 0.25) is 5.91 Å². The Morgan fingerprint density at radius 3 is 2.67 bits per heavy atom. The Balaban J connectivity index is 1.80. The van der Waals surface area contributed by atoms with Crippen molar-refractivity contribution in [2.75, 3.05) is 5.32 Å². The molecule has 4 rings (SSSR count). The summed E-state index contributed by atoms with van der Waals surface area (Å²) >= 11 is 7.65. The highest BCUT2D eigenvalue weighted by Crippen LogP contribution is 2.33. The largest absolute Gasteiger partial charge is 0.323 e. The van der Waals surface area contributed by atoms with Crippen LogP contribution in [0, 0.1) is 6.92 Å². The lowest BCUT2D eigenvalue weighted by Gasteiger charge is -2.15. The van der Waals surface area contributed by atoms with Gasteiger partial charge in [-0.1, -0.05) is 41.9 Å². The van der Waals surface area contributed by atoms with E-state index in [1.54, 1.807) is 42.5 Å². The number of halogens is 1. The molecule has 1 amide bonds. The maximum atomic E-state index is 13.1. The van der Waals surface area contributed by atoms with Gasteiger partial charge in [0, 0.05) is 10.1 Å². The third kappa shape index (κ3) is 3.01. The van der Waals surface area contributed by atoms with Gasteiger partial charge in [-0.25, -0.2) is 4.68 Å². The number of anilines is 1. The normalized spacial score (nSPS) is 12.4. The zero-order chi connectivity index (χ0) is 19.1. The van der Waals surface area contributed by atoms with Crippen molar-refractivity contribution in [2.24, 2.45) is 0 Å². The summed E-state index contributed by atoms with van der Waals surface area (Å²) in [6, 6.07) is 13.9. The van der Waals surface area contributed by atoms with E-state index in [2.05, 4.69) is 10.4 Å². The van der Waals surface area contributed by atoms with Gasteiger partial charge in [-0.15, -0.1) is 11.3 Å². The van der Waals surface area contributed by atoms with Gasteiger partial charge in [-0.3, -0.25) is 9.59 Å². The third-order valence-corrected chi connectivity index (χ3v) is 6.09. The maximum Gasteiger partial charge on any atom is 0.276 e. The Labute approximate surface area is 164 Å². The van der Waals surface area contributed by atoms with Crippen molar-refractivity contribution in [3.63, 3.8) is 0 Å². The minimum Gasteiger partial charge on any atom is -0.323 e. The number of hydrogen-bond acceptors (Lipinski definition) is 4. The molecule has 1 atom stereocenters. The molecule has 136 valence electrons. The van der Waals surface area contributed by atoms with Gasteiger partial charge in [0.15, 0.2) is 0 Å². The van der Waals surface area contributed by atoms with Crippen LogP contribution in [-0.4, -0.2) is 15.7 Å². The molecule has 0 saturated heterocycles. The summed E-state index contributed by atoms with van der Waals surface area (Å²) in [5.74, 6) is -0.351. The van der Waals surface area contributed by atoms with E-state index in [-0.39, 0.29) is 11.5 Å². The van der Waals surface area contributed by atoms with Crippen molar-refractivity contribution in [2.45, 2.75) is 19.9 Å². The number of hydrogen-bond donors (Lipinski definition) is 1. The van der Waals surface area contributed by atoms with Crippen molar-refractivity contribution < 1.29 is 4.79 Å². The quantitative estimate of drug-likeness (QED) is 0.541. The number of rotatable bonds is 3. The summed E-state index contributed by atoms with van der Waals surface area (Å²) < 4.78 is 3.14. The number of amides is 1. The fraction of sp³-hybridized carbons (Fsp3) is 0.150. The summed E-state index contributed by atoms with van der Waals surface area (Å²) in [7, 11) is 0. The molecule has 4 aromatic rings. The summed E-state index contributed by atoms with van der Waals surface area (Å²) in [6.07, 6.45) is 0. The molecule has 27 heavy (non-hydrogen) atoms. The van der Waals surface area contributed by atoms with Gasteiger partial charge >= 0.3 is 0 Å². The Bertz CT molecular complexity index is 1250. The first-order valence-corrected chi connectivity index (χ1v) is 9.63. The predicted octanol–water partition coefficient (Wildman–Crippen LogP) is 4.77. The Morgan fingerprint density at radius 1 is 1.19 bits per heavy atom. The number of para-hydroxylation sites is 1. The molecule has 0 spiro atoms. The van der Waals surface area contributed by atoms with Gasteiger partial charge in [-0.05, 0) is 32.0 Å². The van der Waals surface area contributed by atoms with E-state index < -0.39 is 6.04 Å². The lowest BCUT2D eigenvalue weighted by molar-refractivity contribution is -0.119. The number of carbonyl (C=O) groups excluding carboxylic acids is 1. The summed E-state index contributed by atoms with van der Waals surface area (Å²) in [6.45, 7) is 3.51. The maximum absolute atomic E-state index is 13.1. The zero-order valence-electron chi connectivity index (χ0n) is 14.7. The van der Waals surface area contributed by atoms with Crippen molar-refractivity contribution in [1.82, 2.24) is 9.78 Å². The first-order chi connectivity index (χ1) is 13.0. The molecule has 5 nitrogen and oxygen atoms in total. The lowest BCUT2D eigenvalue weighted by Crippen LogP contribution is -2.33. The molecule has 0 unspecified atom stereocenters. The first kappa shape index (κ1) is 17.7. The number of nitrogens with one attached hydrogen (secondary N) is 1. The molecular weight excluding hydrogens is 382 g/mol. The third-order valence-electron chi connectivity index (χ3n) is 4.48. The number of aromatic nitrogens is 2. The first-order valence-electron chi connectivity index (χ1n) is 8.43. The molecule has 0 saturated carbocycles. The molecule has 2 aromatic carbocycles. The van der Waals surface area contributed by atoms with Crippen molar-refractivity contribution in [3.8, 4) is 0 Å². The second kappa shape index (κ2) is 6.79. The molecule has 0 aliphatic heterocycles. The zero-order valence-corrected chi connectivity index (χ0v) is 16.3. The molecule has 2 aromatic heterocycles. The van der Waals surface area contributed by atoms with Crippen LogP contribution in [0.2, 0.25) is 5.02 Å². The van der Waals surface area contributed by atoms with Crippen molar-refractivity contribution in [3.05, 3.63) is 69.6 Å². The number of benzene rings is 2. The average Bonchev–Trinajstić information content (AvgIpc) is 3.06. The summed E-state index contributed by atoms with van der Waals surface area (Å²) in [4.78, 5) is 25.8. The van der Waals surface area contributed by atoms with Crippen LogP contribution in [0.4, 0.5) is 5.69 Å². The van der Waals surface area contributed by atoms with Crippen LogP contribution < -0.4 is 10.9 Å². The highest BCUT2D eigenvalue weighted by molar-refractivity contribution is 7.26. The minimum atomic E-state index is -0.782. The molecule has 0 aliphatic carbocycles. The van der Waals surface area contributed by atoms with Gasteiger partial charge in [0.25, 0.3) is 5.56 Å². The Kier molecular flexibility index (Phi) is 4.45. The number of fused-ring (bicyclic) bond motifs is 3. The van der Waals surface area contributed by atoms with Gasteiger partial charge < -0.3 is 5.32 Å². The van der Waals surface area contributed by atoms with Crippen LogP contribution in [0.15, 0.2) is 53.3 Å². The Morgan fingerprint density at radius 2 is 1.89 bits per heavy atom. The number of nitrogens with zero attached hydrogens (tertiary/aromatic N) is 2. The van der Waals surface area contributed by atoms with E-state index in [9.17, 15) is 9.59 Å². The molecule has 0 fully saturated rings. The van der Waals surface area contributed by atoms with Crippen LogP contribution >= 0.6 is 22.9 Å². The van der Waals surface area contributed by atoms with E-state index in [1.807, 2.05) is 31.2 Å². The average molecular weight is 398 g/mol. The summed E-state index contributed by atoms with van der Waals surface area (Å²) in [5.41, 5.74) is 0.959. The van der Waals surface area contributed by atoms with Crippen LogP contribution in [0.3, 0.4) is 0 Å². The number of aryl methyl sites for hydroxylation is 1. The fourth-order valence-corrected chi connectivity index (χ4v) is 4.37. The molecule has 0 aliphatic rings. The van der Waals surface area contributed by atoms with E-state index in [0.29, 0.717) is 16.1 Å². The van der Waals surface area contributed by atoms with Crippen molar-refractivity contribution in [1.29, 1.82) is 0 Å². The standard InChI is InChI=1S/C20H16ClN3O2S/c1-11-18-17(13-7-3-6-10-16(13)27-18)20(26)24(23-11)12(2)19(25)22-15-9-5-4-8-14(15)21/h3-10,12H,1-2H3,(H,22,25)/t12-/m0/s1. The molecule has 0 bridgehead atoms. The molecule has 0 radical (unpaired) electrons. The van der Waals surface area contributed by atoms with Gasteiger partial charge in [-0.2, -0.15) is 5.10 Å². The second-order valence-corrected chi connectivity index (χ2v) is 7.74. The van der Waals surface area contributed by atoms with Crippen LogP contribution in [0.25, 0.3) is 20.2 Å². The Hall–Kier alpha value is -2.70. The van der Waals surface area contributed by atoms with E-state index in [1.165, 1.54) is 4.68 Å². The van der Waals surface area contributed by atoms with E-state index >= 15 is 0 Å². The lowest BCUT2D eigenvalue weighted by atomic mass is 10.2. The number of thiophene rings is 1. The fourth-order valence-electron chi connectivity index (χ4n) is 3.05. The SMILES string of the molecule is Cc1nn([C@@H](C)C(=O)Nc2ccccc2Cl)c(=O)c2c1sc1ccccc12. The number of carbonyl (C=O) groups is 1. The topological polar surface area (TPSA) is 64.0 Å². The second-order valence-electron chi connectivity index (χ2n) is 6.28. The van der Waals surface area contributed by atoms with Gasteiger partial charge in [0.05, 0.1) is 26.5 Å². The van der Waals surface area contributed by atoms with E-state index in [0.717, 1.165) is 20.5 Å².